The van der Waals surface area contributed by atoms with Crippen LogP contribution >= 0.6 is 10.7 Å². The molecule has 1 aliphatic heterocycles. The lowest BCUT2D eigenvalue weighted by molar-refractivity contribution is -0.131. The third kappa shape index (κ3) is 2.85. The highest BCUT2D eigenvalue weighted by molar-refractivity contribution is 8.14. The van der Waals surface area contributed by atoms with E-state index in [4.69, 9.17) is 10.7 Å². The highest BCUT2D eigenvalue weighted by atomic mass is 35.7. The molecule has 0 aromatic heterocycles. The molecule has 0 spiro atoms. The fraction of sp³-hybridized carbons (Fsp3) is 0.875. The Labute approximate surface area is 88.6 Å². The van der Waals surface area contributed by atoms with Gasteiger partial charge in [-0.3, -0.25) is 4.79 Å². The lowest BCUT2D eigenvalue weighted by atomic mass is 10.1. The van der Waals surface area contributed by atoms with Gasteiger partial charge in [0.1, 0.15) is 0 Å². The molecule has 0 saturated carbocycles. The van der Waals surface area contributed by atoms with Crippen molar-refractivity contribution in [2.24, 2.45) is 0 Å². The number of carbonyl (C=O) groups excluding carboxylic acids is 1. The predicted molar refractivity (Wildman–Crippen MR) is 54.7 cm³/mol. The molecule has 0 aromatic carbocycles. The molecule has 14 heavy (non-hydrogen) atoms. The number of amides is 1. The van der Waals surface area contributed by atoms with Crippen molar-refractivity contribution in [1.82, 2.24) is 4.90 Å². The van der Waals surface area contributed by atoms with Crippen LogP contribution in [0.25, 0.3) is 0 Å². The van der Waals surface area contributed by atoms with E-state index < -0.39 is 14.3 Å². The third-order valence-electron chi connectivity index (χ3n) is 2.44. The number of likely N-dealkylation sites (tertiary alicyclic amines) is 1. The number of piperidine rings is 1. The minimum absolute atomic E-state index is 0.375. The van der Waals surface area contributed by atoms with E-state index in [2.05, 4.69) is 0 Å². The van der Waals surface area contributed by atoms with Gasteiger partial charge >= 0.3 is 0 Å². The van der Waals surface area contributed by atoms with Crippen LogP contribution in [0.5, 0.6) is 0 Å². The number of hydrogen-bond donors (Lipinski definition) is 0. The van der Waals surface area contributed by atoms with Gasteiger partial charge in [-0.15, -0.1) is 0 Å². The minimum Gasteiger partial charge on any atom is -0.342 e. The van der Waals surface area contributed by atoms with Crippen molar-refractivity contribution in [3.63, 3.8) is 0 Å². The van der Waals surface area contributed by atoms with Crippen LogP contribution in [0, 0.1) is 0 Å². The van der Waals surface area contributed by atoms with Crippen LogP contribution in [-0.4, -0.2) is 37.6 Å². The minimum atomic E-state index is -3.77. The molecule has 1 unspecified atom stereocenters. The Morgan fingerprint density at radius 3 is 2.21 bits per heavy atom. The number of nitrogens with zero attached hydrogens (tertiary/aromatic N) is 1. The van der Waals surface area contributed by atoms with Crippen molar-refractivity contribution in [1.29, 1.82) is 0 Å². The van der Waals surface area contributed by atoms with Crippen LogP contribution in [-0.2, 0) is 13.8 Å². The van der Waals surface area contributed by atoms with Gasteiger partial charge in [0.2, 0.25) is 15.0 Å². The Hall–Kier alpha value is -0.290. The van der Waals surface area contributed by atoms with E-state index in [1.165, 1.54) is 6.92 Å². The van der Waals surface area contributed by atoms with Crippen LogP contribution in [0.4, 0.5) is 0 Å². The highest BCUT2D eigenvalue weighted by Crippen LogP contribution is 2.14. The number of halogens is 1. The van der Waals surface area contributed by atoms with Crippen molar-refractivity contribution in [2.45, 2.75) is 31.4 Å². The van der Waals surface area contributed by atoms with Crippen LogP contribution < -0.4 is 0 Å². The summed E-state index contributed by atoms with van der Waals surface area (Å²) in [5.41, 5.74) is 0. The lowest BCUT2D eigenvalue weighted by Crippen LogP contribution is -2.42. The molecule has 0 aliphatic carbocycles. The number of hydrogen-bond acceptors (Lipinski definition) is 3. The summed E-state index contributed by atoms with van der Waals surface area (Å²) in [4.78, 5) is 13.2. The molecule has 0 N–H and O–H groups in total. The molecular formula is C8H14ClNO3S. The van der Waals surface area contributed by atoms with Crippen molar-refractivity contribution >= 4 is 25.6 Å². The predicted octanol–water partition coefficient (Wildman–Crippen LogP) is 0.956. The standard InChI is InChI=1S/C8H14ClNO3S/c1-7(14(9,12)13)8(11)10-5-3-2-4-6-10/h7H,2-6H2,1H3. The molecule has 1 rings (SSSR count). The molecular weight excluding hydrogens is 226 g/mol. The average Bonchev–Trinajstić information content (AvgIpc) is 2.15. The molecule has 1 heterocycles. The van der Waals surface area contributed by atoms with Crippen molar-refractivity contribution in [3.8, 4) is 0 Å². The molecule has 82 valence electrons. The largest absolute Gasteiger partial charge is 0.342 e. The molecule has 1 fully saturated rings. The second-order valence-corrected chi connectivity index (χ2v) is 6.45. The molecule has 1 aliphatic rings. The highest BCUT2D eigenvalue weighted by Gasteiger charge is 2.30. The summed E-state index contributed by atoms with van der Waals surface area (Å²) in [7, 11) is 1.35. The summed E-state index contributed by atoms with van der Waals surface area (Å²) < 4.78 is 21.9. The van der Waals surface area contributed by atoms with Crippen LogP contribution in [0.15, 0.2) is 0 Å². The first-order valence-electron chi connectivity index (χ1n) is 4.65. The first-order valence-corrected chi connectivity index (χ1v) is 7.02. The monoisotopic (exact) mass is 239 g/mol. The van der Waals surface area contributed by atoms with Gasteiger partial charge in [-0.2, -0.15) is 0 Å². The van der Waals surface area contributed by atoms with Crippen LogP contribution in [0.2, 0.25) is 0 Å². The molecule has 1 amide bonds. The lowest BCUT2D eigenvalue weighted by Gasteiger charge is -2.28. The Kier molecular flexibility index (Phi) is 3.78. The van der Waals surface area contributed by atoms with Crippen molar-refractivity contribution in [2.75, 3.05) is 13.1 Å². The fourth-order valence-electron chi connectivity index (χ4n) is 1.49. The van der Waals surface area contributed by atoms with Crippen LogP contribution in [0.3, 0.4) is 0 Å². The summed E-state index contributed by atoms with van der Waals surface area (Å²) in [5, 5.41) is -1.12. The van der Waals surface area contributed by atoms with E-state index in [1.807, 2.05) is 0 Å². The normalized spacial score (nSPS) is 20.6. The first kappa shape index (κ1) is 11.8. The molecule has 6 heteroatoms. The zero-order chi connectivity index (χ0) is 10.8. The van der Waals surface area contributed by atoms with E-state index >= 15 is 0 Å². The summed E-state index contributed by atoms with van der Waals surface area (Å²) >= 11 is 0. The smallest absolute Gasteiger partial charge is 0.244 e. The molecule has 0 bridgehead atoms. The van der Waals surface area contributed by atoms with Gasteiger partial charge in [-0.25, -0.2) is 8.42 Å². The molecule has 0 radical (unpaired) electrons. The second kappa shape index (κ2) is 4.49. The summed E-state index contributed by atoms with van der Waals surface area (Å²) in [5.74, 6) is -0.375. The Bertz CT molecular complexity index is 309. The molecule has 4 nitrogen and oxygen atoms in total. The molecule has 1 atom stereocenters. The third-order valence-corrected chi connectivity index (χ3v) is 4.29. The first-order chi connectivity index (χ1) is 6.43. The average molecular weight is 240 g/mol. The topological polar surface area (TPSA) is 54.5 Å². The Balaban J connectivity index is 2.64. The summed E-state index contributed by atoms with van der Waals surface area (Å²) in [6.45, 7) is 2.63. The van der Waals surface area contributed by atoms with Gasteiger partial charge in [0.05, 0.1) is 0 Å². The van der Waals surface area contributed by atoms with E-state index in [-0.39, 0.29) is 5.91 Å². The van der Waals surface area contributed by atoms with Gasteiger partial charge in [0.25, 0.3) is 0 Å². The van der Waals surface area contributed by atoms with Crippen molar-refractivity contribution < 1.29 is 13.2 Å². The Morgan fingerprint density at radius 1 is 1.29 bits per heavy atom. The maximum atomic E-state index is 11.6. The Morgan fingerprint density at radius 2 is 1.79 bits per heavy atom. The van der Waals surface area contributed by atoms with Gasteiger partial charge in [0, 0.05) is 23.8 Å². The maximum absolute atomic E-state index is 11.6. The number of carbonyl (C=O) groups is 1. The van der Waals surface area contributed by atoms with Gasteiger partial charge in [-0.05, 0) is 26.2 Å². The van der Waals surface area contributed by atoms with Gasteiger partial charge in [-0.1, -0.05) is 0 Å². The number of rotatable bonds is 2. The maximum Gasteiger partial charge on any atom is 0.244 e. The molecule has 0 aromatic rings. The summed E-state index contributed by atoms with van der Waals surface area (Å²) in [6, 6.07) is 0. The molecule has 1 saturated heterocycles. The zero-order valence-corrected chi connectivity index (χ0v) is 9.64. The van der Waals surface area contributed by atoms with E-state index in [0.717, 1.165) is 19.3 Å². The van der Waals surface area contributed by atoms with Gasteiger partial charge < -0.3 is 4.90 Å². The summed E-state index contributed by atoms with van der Waals surface area (Å²) in [6.07, 6.45) is 2.99. The van der Waals surface area contributed by atoms with Crippen molar-refractivity contribution in [3.05, 3.63) is 0 Å². The zero-order valence-electron chi connectivity index (χ0n) is 8.07. The van der Waals surface area contributed by atoms with E-state index in [9.17, 15) is 13.2 Å². The van der Waals surface area contributed by atoms with Gasteiger partial charge in [0.15, 0.2) is 5.25 Å². The SMILES string of the molecule is CC(C(=O)N1CCCCC1)S(=O)(=O)Cl. The quantitative estimate of drug-likeness (QED) is 0.675. The fourth-order valence-corrected chi connectivity index (χ4v) is 2.11. The van der Waals surface area contributed by atoms with E-state index in [0.29, 0.717) is 13.1 Å². The van der Waals surface area contributed by atoms with Crippen LogP contribution in [0.1, 0.15) is 26.2 Å². The second-order valence-electron chi connectivity index (χ2n) is 3.50. The van der Waals surface area contributed by atoms with E-state index in [1.54, 1.807) is 4.90 Å².